The molecule has 0 spiro atoms. The first kappa shape index (κ1) is 25.2. The highest BCUT2D eigenvalue weighted by molar-refractivity contribution is 7.92. The van der Waals surface area contributed by atoms with Gasteiger partial charge in [0.25, 0.3) is 15.9 Å². The maximum atomic E-state index is 13.5. The van der Waals surface area contributed by atoms with Gasteiger partial charge >= 0.3 is 0 Å². The molecule has 192 valence electrons. The first-order chi connectivity index (χ1) is 18.1. The van der Waals surface area contributed by atoms with Crippen LogP contribution in [0.2, 0.25) is 0 Å². The van der Waals surface area contributed by atoms with E-state index in [1.54, 1.807) is 50.2 Å². The van der Waals surface area contributed by atoms with Crippen molar-refractivity contribution in [1.82, 2.24) is 9.97 Å². The number of rotatable bonds is 6. The molecule has 0 fully saturated rings. The summed E-state index contributed by atoms with van der Waals surface area (Å²) in [6.45, 7) is 7.37. The number of hydrogen-bond donors (Lipinski definition) is 3. The van der Waals surface area contributed by atoms with Crippen LogP contribution < -0.4 is 10.0 Å². The van der Waals surface area contributed by atoms with Crippen LogP contribution in [0.5, 0.6) is 0 Å². The lowest BCUT2D eigenvalue weighted by Gasteiger charge is -2.18. The SMILES string of the molecule is Cc1cc(C)c(C)c(S(=O)(=O)Nc2ccccc2C(=O)Nc2ccc(-c3nc4ccccc4[nH]3)cc2)c1C. The number of aryl methyl sites for hydroxylation is 2. The molecular formula is C30H28N4O3S. The first-order valence-electron chi connectivity index (χ1n) is 12.2. The smallest absolute Gasteiger partial charge is 0.262 e. The summed E-state index contributed by atoms with van der Waals surface area (Å²) in [4.78, 5) is 21.3. The maximum Gasteiger partial charge on any atom is 0.262 e. The van der Waals surface area contributed by atoms with Gasteiger partial charge in [0.2, 0.25) is 0 Å². The van der Waals surface area contributed by atoms with E-state index in [0.29, 0.717) is 16.8 Å². The molecule has 1 aromatic heterocycles. The number of nitrogens with zero attached hydrogens (tertiary/aromatic N) is 1. The van der Waals surface area contributed by atoms with E-state index >= 15 is 0 Å². The summed E-state index contributed by atoms with van der Waals surface area (Å²) in [6.07, 6.45) is 0. The molecule has 3 N–H and O–H groups in total. The van der Waals surface area contributed by atoms with Crippen molar-refractivity contribution in [2.45, 2.75) is 32.6 Å². The standard InChI is InChI=1S/C30H28N4O3S/c1-18-17-19(2)21(4)28(20(18)3)38(36,37)34-25-10-6-5-9-24(25)30(35)31-23-15-13-22(14-16-23)29-32-26-11-7-8-12-27(26)33-29/h5-17,34H,1-4H3,(H,31,35)(H,32,33). The van der Waals surface area contributed by atoms with Crippen LogP contribution in [0.4, 0.5) is 11.4 Å². The highest BCUT2D eigenvalue weighted by atomic mass is 32.2. The molecule has 5 rings (SSSR count). The fourth-order valence-electron chi connectivity index (χ4n) is 4.55. The van der Waals surface area contributed by atoms with Gasteiger partial charge in [-0.05, 0) is 98.5 Å². The number of aromatic amines is 1. The van der Waals surface area contributed by atoms with Crippen molar-refractivity contribution in [2.75, 3.05) is 10.0 Å². The average molecular weight is 525 g/mol. The molecule has 5 aromatic rings. The van der Waals surface area contributed by atoms with Crippen LogP contribution in [0.3, 0.4) is 0 Å². The predicted molar refractivity (Wildman–Crippen MR) is 152 cm³/mol. The molecule has 38 heavy (non-hydrogen) atoms. The highest BCUT2D eigenvalue weighted by Gasteiger charge is 2.24. The molecule has 0 aliphatic heterocycles. The minimum absolute atomic E-state index is 0.210. The van der Waals surface area contributed by atoms with E-state index in [-0.39, 0.29) is 16.1 Å². The third-order valence-electron chi connectivity index (χ3n) is 6.79. The van der Waals surface area contributed by atoms with E-state index < -0.39 is 15.9 Å². The Morgan fingerprint density at radius 2 is 1.45 bits per heavy atom. The third-order valence-corrected chi connectivity index (χ3v) is 8.43. The van der Waals surface area contributed by atoms with Crippen molar-refractivity contribution < 1.29 is 13.2 Å². The van der Waals surface area contributed by atoms with Crippen molar-refractivity contribution in [3.63, 3.8) is 0 Å². The first-order valence-corrected chi connectivity index (χ1v) is 13.7. The zero-order chi connectivity index (χ0) is 27.0. The number of anilines is 2. The van der Waals surface area contributed by atoms with Crippen molar-refractivity contribution in [3.05, 3.63) is 107 Å². The Morgan fingerprint density at radius 1 is 0.816 bits per heavy atom. The van der Waals surface area contributed by atoms with Crippen molar-refractivity contribution >= 4 is 38.3 Å². The number of carbonyl (C=O) groups excluding carboxylic acids is 1. The van der Waals surface area contributed by atoms with Crippen molar-refractivity contribution in [1.29, 1.82) is 0 Å². The van der Waals surface area contributed by atoms with E-state index in [4.69, 9.17) is 0 Å². The number of aromatic nitrogens is 2. The van der Waals surface area contributed by atoms with Crippen molar-refractivity contribution in [3.8, 4) is 11.4 Å². The number of carbonyl (C=O) groups is 1. The number of fused-ring (bicyclic) bond motifs is 1. The number of benzene rings is 4. The van der Waals surface area contributed by atoms with E-state index in [1.165, 1.54) is 0 Å². The van der Waals surface area contributed by atoms with Crippen LogP contribution in [0.15, 0.2) is 83.8 Å². The molecule has 0 aliphatic rings. The lowest BCUT2D eigenvalue weighted by Crippen LogP contribution is -2.20. The van der Waals surface area contributed by atoms with Gasteiger partial charge in [-0.15, -0.1) is 0 Å². The van der Waals surface area contributed by atoms with Crippen LogP contribution in [-0.4, -0.2) is 24.3 Å². The summed E-state index contributed by atoms with van der Waals surface area (Å²) in [7, 11) is -3.94. The molecule has 0 bridgehead atoms. The van der Waals surface area contributed by atoms with Gasteiger partial charge in [-0.25, -0.2) is 13.4 Å². The van der Waals surface area contributed by atoms with Crippen LogP contribution in [-0.2, 0) is 10.0 Å². The molecule has 8 heteroatoms. The van der Waals surface area contributed by atoms with Gasteiger partial charge in [-0.3, -0.25) is 9.52 Å². The van der Waals surface area contributed by atoms with Gasteiger partial charge in [0.05, 0.1) is 27.2 Å². The Hall–Kier alpha value is -4.43. The molecular weight excluding hydrogens is 496 g/mol. The zero-order valence-electron chi connectivity index (χ0n) is 21.6. The largest absolute Gasteiger partial charge is 0.338 e. The van der Waals surface area contributed by atoms with Gasteiger partial charge in [0, 0.05) is 11.3 Å². The van der Waals surface area contributed by atoms with Gasteiger partial charge in [-0.2, -0.15) is 0 Å². The van der Waals surface area contributed by atoms with Gasteiger partial charge < -0.3 is 10.3 Å². The molecule has 0 atom stereocenters. The molecule has 4 aromatic carbocycles. The highest BCUT2D eigenvalue weighted by Crippen LogP contribution is 2.29. The van der Waals surface area contributed by atoms with Gasteiger partial charge in [0.1, 0.15) is 5.82 Å². The molecule has 0 radical (unpaired) electrons. The number of nitrogens with one attached hydrogen (secondary N) is 3. The average Bonchev–Trinajstić information content (AvgIpc) is 3.32. The Bertz CT molecular complexity index is 1730. The van der Waals surface area contributed by atoms with Gasteiger partial charge in [-0.1, -0.05) is 30.3 Å². The van der Waals surface area contributed by atoms with Crippen LogP contribution in [0.25, 0.3) is 22.4 Å². The molecule has 7 nitrogen and oxygen atoms in total. The zero-order valence-corrected chi connectivity index (χ0v) is 22.4. The maximum absolute atomic E-state index is 13.5. The lowest BCUT2D eigenvalue weighted by molar-refractivity contribution is 0.102. The normalized spacial score (nSPS) is 11.5. The fourth-order valence-corrected chi connectivity index (χ4v) is 6.25. The minimum atomic E-state index is -3.94. The molecule has 1 heterocycles. The number of amides is 1. The Kier molecular flexibility index (Phi) is 6.50. The van der Waals surface area contributed by atoms with E-state index in [1.807, 2.05) is 56.3 Å². The summed E-state index contributed by atoms with van der Waals surface area (Å²) in [5, 5.41) is 2.87. The molecule has 0 saturated carbocycles. The number of H-pyrrole nitrogens is 1. The van der Waals surface area contributed by atoms with E-state index in [0.717, 1.165) is 33.5 Å². The van der Waals surface area contributed by atoms with Crippen LogP contribution in [0.1, 0.15) is 32.6 Å². The van der Waals surface area contributed by atoms with Crippen LogP contribution >= 0.6 is 0 Å². The molecule has 0 aliphatic carbocycles. The number of para-hydroxylation sites is 3. The van der Waals surface area contributed by atoms with E-state index in [2.05, 4.69) is 20.0 Å². The summed E-state index contributed by atoms with van der Waals surface area (Å²) < 4.78 is 29.6. The number of sulfonamides is 1. The summed E-state index contributed by atoms with van der Waals surface area (Å²) >= 11 is 0. The second-order valence-corrected chi connectivity index (χ2v) is 11.0. The third kappa shape index (κ3) is 4.78. The summed E-state index contributed by atoms with van der Waals surface area (Å²) in [5.74, 6) is 0.314. The number of imidazole rings is 1. The lowest BCUT2D eigenvalue weighted by atomic mass is 10.0. The van der Waals surface area contributed by atoms with E-state index in [9.17, 15) is 13.2 Å². The Morgan fingerprint density at radius 3 is 2.13 bits per heavy atom. The Balaban J connectivity index is 1.38. The Labute approximate surface area is 222 Å². The van der Waals surface area contributed by atoms with Crippen LogP contribution in [0, 0.1) is 27.7 Å². The topological polar surface area (TPSA) is 104 Å². The van der Waals surface area contributed by atoms with Gasteiger partial charge in [0.15, 0.2) is 0 Å². The predicted octanol–water partition coefficient (Wildman–Crippen LogP) is 6.52. The molecule has 1 amide bonds. The van der Waals surface area contributed by atoms with Crippen molar-refractivity contribution in [2.24, 2.45) is 0 Å². The number of hydrogen-bond acceptors (Lipinski definition) is 4. The monoisotopic (exact) mass is 524 g/mol. The minimum Gasteiger partial charge on any atom is -0.338 e. The second-order valence-electron chi connectivity index (χ2n) is 9.37. The summed E-state index contributed by atoms with van der Waals surface area (Å²) in [6, 6.07) is 23.7. The molecule has 0 unspecified atom stereocenters. The second kappa shape index (κ2) is 9.79. The fraction of sp³-hybridized carbons (Fsp3) is 0.133. The quantitative estimate of drug-likeness (QED) is 0.235. The summed E-state index contributed by atoms with van der Waals surface area (Å²) in [5.41, 5.74) is 6.88. The molecule has 0 saturated heterocycles.